The number of hydrogen-bond acceptors (Lipinski definition) is 4. The SMILES string of the molecule is CN(C)c1ccc(N2C(=S)N[C@H](c3ccccn3)[C@@H]2c2cccn2-c2ccc(C(=O)O)cc2)cc1. The number of anilines is 2. The summed E-state index contributed by atoms with van der Waals surface area (Å²) < 4.78 is 2.07. The monoisotopic (exact) mass is 483 g/mol. The molecule has 3 heterocycles. The van der Waals surface area contributed by atoms with Crippen molar-refractivity contribution in [3.8, 4) is 5.69 Å². The van der Waals surface area contributed by atoms with E-state index in [4.69, 9.17) is 12.2 Å². The number of pyridine rings is 1. The van der Waals surface area contributed by atoms with Crippen molar-refractivity contribution in [2.24, 2.45) is 0 Å². The van der Waals surface area contributed by atoms with Crippen LogP contribution in [0.4, 0.5) is 11.4 Å². The second kappa shape index (κ2) is 9.23. The molecule has 2 N–H and O–H groups in total. The quantitative estimate of drug-likeness (QED) is 0.381. The molecular formula is C27H25N5O2S. The molecule has 1 aliphatic rings. The predicted molar refractivity (Wildman–Crippen MR) is 141 cm³/mol. The Labute approximate surface area is 209 Å². The Kier molecular flexibility index (Phi) is 5.96. The third-order valence-electron chi connectivity index (χ3n) is 6.22. The van der Waals surface area contributed by atoms with Crippen molar-refractivity contribution in [2.45, 2.75) is 12.1 Å². The average Bonchev–Trinajstić information content (AvgIpc) is 3.49. The molecule has 0 amide bonds. The van der Waals surface area contributed by atoms with Crippen LogP contribution in [0.2, 0.25) is 0 Å². The highest BCUT2D eigenvalue weighted by Crippen LogP contribution is 2.42. The summed E-state index contributed by atoms with van der Waals surface area (Å²) in [6.07, 6.45) is 3.77. The number of benzene rings is 2. The van der Waals surface area contributed by atoms with Crippen LogP contribution in [0.25, 0.3) is 5.69 Å². The van der Waals surface area contributed by atoms with Gasteiger partial charge in [-0.2, -0.15) is 0 Å². The van der Waals surface area contributed by atoms with Gasteiger partial charge in [-0.1, -0.05) is 6.07 Å². The fourth-order valence-corrected chi connectivity index (χ4v) is 4.83. The number of nitrogens with zero attached hydrogens (tertiary/aromatic N) is 4. The van der Waals surface area contributed by atoms with Gasteiger partial charge in [-0.05, 0) is 85.0 Å². The Morgan fingerprint density at radius 2 is 1.69 bits per heavy atom. The lowest BCUT2D eigenvalue weighted by molar-refractivity contribution is 0.0697. The van der Waals surface area contributed by atoms with Crippen molar-refractivity contribution >= 4 is 34.7 Å². The Morgan fingerprint density at radius 3 is 2.31 bits per heavy atom. The van der Waals surface area contributed by atoms with E-state index < -0.39 is 5.97 Å². The minimum absolute atomic E-state index is 0.177. The van der Waals surface area contributed by atoms with E-state index in [9.17, 15) is 9.90 Å². The molecule has 1 saturated heterocycles. The fraction of sp³-hybridized carbons (Fsp3) is 0.148. The van der Waals surface area contributed by atoms with Gasteiger partial charge in [0.25, 0.3) is 0 Å². The molecule has 176 valence electrons. The van der Waals surface area contributed by atoms with E-state index in [2.05, 4.69) is 55.0 Å². The fourth-order valence-electron chi connectivity index (χ4n) is 4.48. The van der Waals surface area contributed by atoms with E-state index in [1.54, 1.807) is 18.3 Å². The molecule has 0 saturated carbocycles. The van der Waals surface area contributed by atoms with E-state index in [1.807, 2.05) is 56.7 Å². The normalized spacial score (nSPS) is 17.3. The zero-order chi connectivity index (χ0) is 24.5. The lowest BCUT2D eigenvalue weighted by Crippen LogP contribution is -2.30. The predicted octanol–water partition coefficient (Wildman–Crippen LogP) is 4.81. The van der Waals surface area contributed by atoms with Crippen LogP contribution in [0.5, 0.6) is 0 Å². The van der Waals surface area contributed by atoms with Crippen molar-refractivity contribution in [2.75, 3.05) is 23.9 Å². The van der Waals surface area contributed by atoms with Crippen molar-refractivity contribution in [1.82, 2.24) is 14.9 Å². The van der Waals surface area contributed by atoms with Crippen LogP contribution in [-0.4, -0.2) is 39.8 Å². The molecule has 2 aromatic heterocycles. The molecule has 0 radical (unpaired) electrons. The maximum atomic E-state index is 11.3. The first-order chi connectivity index (χ1) is 16.9. The molecule has 0 aliphatic carbocycles. The van der Waals surface area contributed by atoms with Crippen LogP contribution < -0.4 is 15.1 Å². The third-order valence-corrected chi connectivity index (χ3v) is 6.53. The minimum Gasteiger partial charge on any atom is -0.478 e. The molecular weight excluding hydrogens is 458 g/mol. The summed E-state index contributed by atoms with van der Waals surface area (Å²) in [5.41, 5.74) is 5.10. The molecule has 2 aromatic carbocycles. The first-order valence-corrected chi connectivity index (χ1v) is 11.6. The zero-order valence-corrected chi connectivity index (χ0v) is 20.2. The smallest absolute Gasteiger partial charge is 0.335 e. The Balaban J connectivity index is 1.62. The molecule has 1 aliphatic heterocycles. The van der Waals surface area contributed by atoms with Gasteiger partial charge in [0, 0.05) is 49.2 Å². The van der Waals surface area contributed by atoms with Gasteiger partial charge in [0.2, 0.25) is 0 Å². The summed E-state index contributed by atoms with van der Waals surface area (Å²) in [5, 5.41) is 13.4. The largest absolute Gasteiger partial charge is 0.478 e. The van der Waals surface area contributed by atoms with Crippen LogP contribution in [0, 0.1) is 0 Å². The number of nitrogens with one attached hydrogen (secondary N) is 1. The van der Waals surface area contributed by atoms with E-state index in [1.165, 1.54) is 0 Å². The van der Waals surface area contributed by atoms with Gasteiger partial charge in [-0.3, -0.25) is 4.98 Å². The van der Waals surface area contributed by atoms with Gasteiger partial charge < -0.3 is 24.8 Å². The number of carboxylic acid groups (broad SMARTS) is 1. The second-order valence-electron chi connectivity index (χ2n) is 8.56. The Hall–Kier alpha value is -4.17. The molecule has 1 fully saturated rings. The number of aromatic nitrogens is 2. The zero-order valence-electron chi connectivity index (χ0n) is 19.4. The molecule has 2 atom stereocenters. The molecule has 35 heavy (non-hydrogen) atoms. The van der Waals surface area contributed by atoms with Gasteiger partial charge in [-0.25, -0.2) is 4.79 Å². The summed E-state index contributed by atoms with van der Waals surface area (Å²) in [7, 11) is 4.03. The maximum Gasteiger partial charge on any atom is 0.335 e. The van der Waals surface area contributed by atoms with Crippen LogP contribution >= 0.6 is 12.2 Å². The number of carboxylic acids is 1. The topological polar surface area (TPSA) is 73.6 Å². The summed E-state index contributed by atoms with van der Waals surface area (Å²) in [5.74, 6) is -0.947. The summed E-state index contributed by atoms with van der Waals surface area (Å²) in [6.45, 7) is 0. The van der Waals surface area contributed by atoms with Gasteiger partial charge in [0.1, 0.15) is 6.04 Å². The average molecular weight is 484 g/mol. The number of thiocarbonyl (C=S) groups is 1. The van der Waals surface area contributed by atoms with E-state index >= 15 is 0 Å². The van der Waals surface area contributed by atoms with Crippen LogP contribution in [0.3, 0.4) is 0 Å². The molecule has 5 rings (SSSR count). The molecule has 7 nitrogen and oxygen atoms in total. The highest BCUT2D eigenvalue weighted by atomic mass is 32.1. The molecule has 4 aromatic rings. The number of rotatable bonds is 6. The van der Waals surface area contributed by atoms with Crippen molar-refractivity contribution in [3.63, 3.8) is 0 Å². The summed E-state index contributed by atoms with van der Waals surface area (Å²) in [6, 6.07) is 24.8. The van der Waals surface area contributed by atoms with Gasteiger partial charge in [0.15, 0.2) is 5.11 Å². The third kappa shape index (κ3) is 4.24. The number of hydrogen-bond donors (Lipinski definition) is 2. The minimum atomic E-state index is -0.947. The second-order valence-corrected chi connectivity index (χ2v) is 8.95. The number of aromatic carboxylic acids is 1. The maximum absolute atomic E-state index is 11.3. The van der Waals surface area contributed by atoms with E-state index in [-0.39, 0.29) is 17.6 Å². The van der Waals surface area contributed by atoms with E-state index in [0.29, 0.717) is 5.11 Å². The lowest BCUT2D eigenvalue weighted by atomic mass is 10.0. The van der Waals surface area contributed by atoms with Crippen molar-refractivity contribution < 1.29 is 9.90 Å². The first-order valence-electron chi connectivity index (χ1n) is 11.2. The molecule has 8 heteroatoms. The summed E-state index contributed by atoms with van der Waals surface area (Å²) in [4.78, 5) is 20.1. The van der Waals surface area contributed by atoms with Gasteiger partial charge in [0.05, 0.1) is 17.3 Å². The molecule has 0 unspecified atom stereocenters. The van der Waals surface area contributed by atoms with Crippen LogP contribution in [-0.2, 0) is 0 Å². The van der Waals surface area contributed by atoms with E-state index in [0.717, 1.165) is 28.5 Å². The molecule has 0 bridgehead atoms. The number of carbonyl (C=O) groups is 1. The van der Waals surface area contributed by atoms with Gasteiger partial charge >= 0.3 is 5.97 Å². The Bertz CT molecular complexity index is 1350. The highest BCUT2D eigenvalue weighted by Gasteiger charge is 2.42. The highest BCUT2D eigenvalue weighted by molar-refractivity contribution is 7.80. The standard InChI is InChI=1S/C27H25N5O2S/c1-30(2)19-12-14-21(15-13-19)32-25(24(29-27(32)35)22-6-3-4-16-28-22)23-7-5-17-31(23)20-10-8-18(9-11-20)26(33)34/h3-17,24-25H,1-2H3,(H,29,35)(H,33,34)/t24-,25+/m1/s1. The first kappa shape index (κ1) is 22.6. The van der Waals surface area contributed by atoms with Gasteiger partial charge in [-0.15, -0.1) is 0 Å². The van der Waals surface area contributed by atoms with Crippen LogP contribution in [0.1, 0.15) is 33.8 Å². The van der Waals surface area contributed by atoms with Crippen molar-refractivity contribution in [1.29, 1.82) is 0 Å². The lowest BCUT2D eigenvalue weighted by Gasteiger charge is -2.29. The van der Waals surface area contributed by atoms with Crippen LogP contribution in [0.15, 0.2) is 91.3 Å². The molecule has 0 spiro atoms. The van der Waals surface area contributed by atoms with Crippen molar-refractivity contribution in [3.05, 3.63) is 108 Å². The summed E-state index contributed by atoms with van der Waals surface area (Å²) >= 11 is 5.84. The Morgan fingerprint density at radius 1 is 0.971 bits per heavy atom.